The number of hydrogen-bond donors (Lipinski definition) is 1. The summed E-state index contributed by atoms with van der Waals surface area (Å²) in [4.78, 5) is 11.0. The molecule has 1 aliphatic rings. The van der Waals surface area contributed by atoms with E-state index < -0.39 is 5.97 Å². The fourth-order valence-corrected chi connectivity index (χ4v) is 3.88. The first-order valence-electron chi connectivity index (χ1n) is 6.71. The van der Waals surface area contributed by atoms with Crippen molar-refractivity contribution in [3.05, 3.63) is 5.82 Å². The van der Waals surface area contributed by atoms with E-state index >= 15 is 0 Å². The molecule has 2 heterocycles. The predicted octanol–water partition coefficient (Wildman–Crippen LogP) is 2.23. The molecule has 1 fully saturated rings. The van der Waals surface area contributed by atoms with Gasteiger partial charge in [-0.3, -0.25) is 4.79 Å². The Kier molecular flexibility index (Phi) is 4.44. The van der Waals surface area contributed by atoms with E-state index in [0.29, 0.717) is 0 Å². The number of aliphatic carboxylic acids is 1. The van der Waals surface area contributed by atoms with Crippen LogP contribution in [-0.2, 0) is 9.54 Å². The molecule has 0 spiro atoms. The molecule has 19 heavy (non-hydrogen) atoms. The van der Waals surface area contributed by atoms with Gasteiger partial charge in [0.25, 0.3) is 0 Å². The van der Waals surface area contributed by atoms with Gasteiger partial charge in [0.2, 0.25) is 0 Å². The standard InChI is InChI=1S/C12H20N4O2S/c1-3-5-9(8-10(17)18)16-11(13-14-15-16)12(2)6-4-7-19-12/h9H,3-8H2,1-2H3,(H,17,18). The number of hydrogen-bond acceptors (Lipinski definition) is 5. The highest BCUT2D eigenvalue weighted by molar-refractivity contribution is 8.00. The number of rotatable bonds is 6. The van der Waals surface area contributed by atoms with Crippen LogP contribution < -0.4 is 0 Å². The molecule has 0 aliphatic carbocycles. The first kappa shape index (κ1) is 14.3. The van der Waals surface area contributed by atoms with Gasteiger partial charge in [0.15, 0.2) is 5.82 Å². The quantitative estimate of drug-likeness (QED) is 0.862. The lowest BCUT2D eigenvalue weighted by atomic mass is 10.0. The first-order chi connectivity index (χ1) is 9.07. The Morgan fingerprint density at radius 3 is 3.00 bits per heavy atom. The minimum atomic E-state index is -0.802. The number of carboxylic acid groups (broad SMARTS) is 1. The second-order valence-corrected chi connectivity index (χ2v) is 6.77. The lowest BCUT2D eigenvalue weighted by Gasteiger charge is -2.24. The zero-order chi connectivity index (χ0) is 13.9. The normalized spacial score (nSPS) is 24.5. The maximum absolute atomic E-state index is 11.0. The van der Waals surface area contributed by atoms with Gasteiger partial charge in [-0.25, -0.2) is 4.68 Å². The Morgan fingerprint density at radius 1 is 1.63 bits per heavy atom. The number of nitrogens with zero attached hydrogens (tertiary/aromatic N) is 4. The summed E-state index contributed by atoms with van der Waals surface area (Å²) >= 11 is 1.86. The Bertz CT molecular complexity index is 443. The van der Waals surface area contributed by atoms with Gasteiger partial charge >= 0.3 is 5.97 Å². The molecule has 7 heteroatoms. The fraction of sp³-hybridized carbons (Fsp3) is 0.833. The molecular formula is C12H20N4O2S. The third-order valence-corrected chi connectivity index (χ3v) is 5.08. The fourth-order valence-electron chi connectivity index (χ4n) is 2.59. The van der Waals surface area contributed by atoms with Gasteiger partial charge in [0.05, 0.1) is 17.2 Å². The van der Waals surface area contributed by atoms with Crippen LogP contribution in [0.2, 0.25) is 0 Å². The molecule has 0 aromatic carbocycles. The van der Waals surface area contributed by atoms with Crippen molar-refractivity contribution >= 4 is 17.7 Å². The zero-order valence-electron chi connectivity index (χ0n) is 11.4. The SMILES string of the molecule is CCCC(CC(=O)O)n1nnnc1C1(C)CCCS1. The highest BCUT2D eigenvalue weighted by Crippen LogP contribution is 2.45. The highest BCUT2D eigenvalue weighted by Gasteiger charge is 2.38. The van der Waals surface area contributed by atoms with Crippen molar-refractivity contribution in [1.82, 2.24) is 20.2 Å². The van der Waals surface area contributed by atoms with Crippen molar-refractivity contribution < 1.29 is 9.90 Å². The van der Waals surface area contributed by atoms with Crippen LogP contribution in [-0.4, -0.2) is 37.0 Å². The lowest BCUT2D eigenvalue weighted by molar-refractivity contribution is -0.138. The summed E-state index contributed by atoms with van der Waals surface area (Å²) in [5, 5.41) is 21.0. The molecule has 0 radical (unpaired) electrons. The first-order valence-corrected chi connectivity index (χ1v) is 7.69. The summed E-state index contributed by atoms with van der Waals surface area (Å²) in [6.45, 7) is 4.20. The number of thioether (sulfide) groups is 1. The molecule has 0 amide bonds. The lowest BCUT2D eigenvalue weighted by Crippen LogP contribution is -2.25. The third-order valence-electron chi connectivity index (χ3n) is 3.56. The summed E-state index contributed by atoms with van der Waals surface area (Å²) in [5.74, 6) is 1.14. The van der Waals surface area contributed by atoms with E-state index in [0.717, 1.165) is 37.3 Å². The maximum Gasteiger partial charge on any atom is 0.305 e. The third kappa shape index (κ3) is 3.08. The molecule has 0 saturated carbocycles. The molecule has 1 N–H and O–H groups in total. The molecule has 2 atom stereocenters. The van der Waals surface area contributed by atoms with Gasteiger partial charge in [-0.05, 0) is 42.4 Å². The van der Waals surface area contributed by atoms with Crippen LogP contribution in [0.3, 0.4) is 0 Å². The molecule has 1 saturated heterocycles. The van der Waals surface area contributed by atoms with E-state index in [-0.39, 0.29) is 17.2 Å². The number of carboxylic acids is 1. The molecule has 2 unspecified atom stereocenters. The number of aromatic nitrogens is 4. The maximum atomic E-state index is 11.0. The highest BCUT2D eigenvalue weighted by atomic mass is 32.2. The van der Waals surface area contributed by atoms with Crippen molar-refractivity contribution in [3.63, 3.8) is 0 Å². The summed E-state index contributed by atoms with van der Waals surface area (Å²) in [7, 11) is 0. The molecule has 106 valence electrons. The van der Waals surface area contributed by atoms with E-state index in [4.69, 9.17) is 5.11 Å². The summed E-state index contributed by atoms with van der Waals surface area (Å²) in [6.07, 6.45) is 3.98. The van der Waals surface area contributed by atoms with Crippen molar-refractivity contribution in [2.45, 2.75) is 56.7 Å². The van der Waals surface area contributed by atoms with Gasteiger partial charge in [-0.15, -0.1) is 16.9 Å². The molecule has 1 aromatic heterocycles. The largest absolute Gasteiger partial charge is 0.481 e. The van der Waals surface area contributed by atoms with Crippen LogP contribution in [0, 0.1) is 0 Å². The molecule has 6 nitrogen and oxygen atoms in total. The van der Waals surface area contributed by atoms with E-state index in [2.05, 4.69) is 22.4 Å². The van der Waals surface area contributed by atoms with Gasteiger partial charge < -0.3 is 5.11 Å². The minimum absolute atomic E-state index is 0.0754. The number of carbonyl (C=O) groups is 1. The molecule has 2 rings (SSSR count). The zero-order valence-corrected chi connectivity index (χ0v) is 12.2. The van der Waals surface area contributed by atoms with Gasteiger partial charge in [-0.2, -0.15) is 0 Å². The molecule has 0 bridgehead atoms. The summed E-state index contributed by atoms with van der Waals surface area (Å²) < 4.78 is 1.67. The molecule has 1 aliphatic heterocycles. The monoisotopic (exact) mass is 284 g/mol. The minimum Gasteiger partial charge on any atom is -0.481 e. The Hall–Kier alpha value is -1.11. The Morgan fingerprint density at radius 2 is 2.42 bits per heavy atom. The smallest absolute Gasteiger partial charge is 0.305 e. The van der Waals surface area contributed by atoms with Crippen LogP contribution in [0.4, 0.5) is 0 Å². The van der Waals surface area contributed by atoms with Crippen LogP contribution in [0.1, 0.15) is 57.8 Å². The summed E-state index contributed by atoms with van der Waals surface area (Å²) in [6, 6.07) is -0.148. The topological polar surface area (TPSA) is 80.9 Å². The van der Waals surface area contributed by atoms with E-state index in [9.17, 15) is 4.79 Å². The van der Waals surface area contributed by atoms with Crippen molar-refractivity contribution in [2.75, 3.05) is 5.75 Å². The second kappa shape index (κ2) is 5.90. The van der Waals surface area contributed by atoms with E-state index in [1.165, 1.54) is 0 Å². The average molecular weight is 284 g/mol. The van der Waals surface area contributed by atoms with E-state index in [1.807, 2.05) is 18.7 Å². The van der Waals surface area contributed by atoms with E-state index in [1.54, 1.807) is 4.68 Å². The van der Waals surface area contributed by atoms with Gasteiger partial charge in [0, 0.05) is 0 Å². The average Bonchev–Trinajstić information content (AvgIpc) is 2.96. The second-order valence-electron chi connectivity index (χ2n) is 5.17. The Balaban J connectivity index is 2.27. The predicted molar refractivity (Wildman–Crippen MR) is 73.1 cm³/mol. The molecule has 1 aromatic rings. The van der Waals surface area contributed by atoms with Crippen LogP contribution >= 0.6 is 11.8 Å². The Labute approximate surface area is 117 Å². The van der Waals surface area contributed by atoms with Gasteiger partial charge in [-0.1, -0.05) is 13.3 Å². The summed E-state index contributed by atoms with van der Waals surface area (Å²) in [5.41, 5.74) is 0. The van der Waals surface area contributed by atoms with Crippen molar-refractivity contribution in [3.8, 4) is 0 Å². The van der Waals surface area contributed by atoms with Crippen LogP contribution in [0.15, 0.2) is 0 Å². The van der Waals surface area contributed by atoms with Gasteiger partial charge in [0.1, 0.15) is 0 Å². The number of tetrazole rings is 1. The molecular weight excluding hydrogens is 264 g/mol. The van der Waals surface area contributed by atoms with Crippen molar-refractivity contribution in [2.24, 2.45) is 0 Å². The van der Waals surface area contributed by atoms with Crippen molar-refractivity contribution in [1.29, 1.82) is 0 Å². The van der Waals surface area contributed by atoms with Crippen LogP contribution in [0.5, 0.6) is 0 Å². The van der Waals surface area contributed by atoms with Crippen LogP contribution in [0.25, 0.3) is 0 Å².